The molecule has 0 unspecified atom stereocenters. The van der Waals surface area contributed by atoms with Crippen molar-refractivity contribution in [2.45, 2.75) is 6.61 Å². The van der Waals surface area contributed by atoms with Crippen molar-refractivity contribution in [2.24, 2.45) is 0 Å². The van der Waals surface area contributed by atoms with Crippen LogP contribution in [0.2, 0.25) is 0 Å². The molecule has 0 aromatic carbocycles. The third-order valence-electron chi connectivity index (χ3n) is 1.54. The zero-order valence-electron chi connectivity index (χ0n) is 8.27. The summed E-state index contributed by atoms with van der Waals surface area (Å²) in [4.78, 5) is 0. The fourth-order valence-electron chi connectivity index (χ4n) is 0.851. The Kier molecular flexibility index (Phi) is 5.97. The van der Waals surface area contributed by atoms with Crippen LogP contribution in [-0.4, -0.2) is 38.7 Å². The van der Waals surface area contributed by atoms with Crippen LogP contribution < -0.4 is 0 Å². The number of rotatable bonds is 8. The van der Waals surface area contributed by atoms with E-state index in [0.29, 0.717) is 33.0 Å². The Labute approximate surface area is 82.9 Å². The Bertz CT molecular complexity index is 213. The highest BCUT2D eigenvalue weighted by Gasteiger charge is 1.95. The number of hydrogen-bond acceptors (Lipinski definition) is 5. The van der Waals surface area contributed by atoms with Crippen molar-refractivity contribution < 1.29 is 18.7 Å². The van der Waals surface area contributed by atoms with Gasteiger partial charge in [-0.1, -0.05) is 5.16 Å². The fraction of sp³-hybridized carbons (Fsp3) is 0.667. The topological polar surface area (TPSA) is 53.7 Å². The van der Waals surface area contributed by atoms with Crippen LogP contribution in [0, 0.1) is 0 Å². The predicted molar refractivity (Wildman–Crippen MR) is 48.9 cm³/mol. The average Bonchev–Trinajstić information content (AvgIpc) is 2.69. The van der Waals surface area contributed by atoms with Gasteiger partial charge in [0.25, 0.3) is 0 Å². The van der Waals surface area contributed by atoms with E-state index in [0.717, 1.165) is 5.69 Å². The highest BCUT2D eigenvalue weighted by atomic mass is 16.5. The monoisotopic (exact) mass is 201 g/mol. The molecule has 0 saturated carbocycles. The SMILES string of the molecule is COCCOCCOCc1ccon1. The Morgan fingerprint density at radius 2 is 2.00 bits per heavy atom. The Morgan fingerprint density at radius 1 is 1.21 bits per heavy atom. The van der Waals surface area contributed by atoms with E-state index in [9.17, 15) is 0 Å². The molecule has 5 nitrogen and oxygen atoms in total. The Hall–Kier alpha value is -0.910. The van der Waals surface area contributed by atoms with Gasteiger partial charge in [-0.05, 0) is 0 Å². The van der Waals surface area contributed by atoms with Crippen molar-refractivity contribution in [1.82, 2.24) is 5.16 Å². The molecule has 0 radical (unpaired) electrons. The van der Waals surface area contributed by atoms with Gasteiger partial charge in [-0.3, -0.25) is 0 Å². The largest absolute Gasteiger partial charge is 0.382 e. The third kappa shape index (κ3) is 4.96. The number of aromatic nitrogens is 1. The molecule has 1 heterocycles. The summed E-state index contributed by atoms with van der Waals surface area (Å²) in [6.45, 7) is 2.80. The van der Waals surface area contributed by atoms with Crippen LogP contribution in [-0.2, 0) is 20.8 Å². The molecule has 0 bridgehead atoms. The van der Waals surface area contributed by atoms with Crippen LogP contribution in [0.15, 0.2) is 16.9 Å². The van der Waals surface area contributed by atoms with Crippen LogP contribution in [0.4, 0.5) is 0 Å². The molecule has 0 spiro atoms. The molecular weight excluding hydrogens is 186 g/mol. The minimum Gasteiger partial charge on any atom is -0.382 e. The lowest BCUT2D eigenvalue weighted by Crippen LogP contribution is -2.08. The molecule has 0 saturated heterocycles. The molecule has 0 atom stereocenters. The summed E-state index contributed by atoms with van der Waals surface area (Å²) in [6.07, 6.45) is 1.52. The lowest BCUT2D eigenvalue weighted by molar-refractivity contribution is 0.0187. The minimum absolute atomic E-state index is 0.462. The van der Waals surface area contributed by atoms with Gasteiger partial charge in [0.1, 0.15) is 12.0 Å². The molecule has 0 fully saturated rings. The molecule has 0 amide bonds. The standard InChI is InChI=1S/C9H15NO4/c1-11-4-5-12-6-7-13-8-9-2-3-14-10-9/h2-3H,4-8H2,1H3. The van der Waals surface area contributed by atoms with E-state index in [2.05, 4.69) is 9.68 Å². The van der Waals surface area contributed by atoms with Gasteiger partial charge in [-0.2, -0.15) is 0 Å². The number of methoxy groups -OCH3 is 1. The van der Waals surface area contributed by atoms with Gasteiger partial charge in [-0.15, -0.1) is 0 Å². The van der Waals surface area contributed by atoms with Gasteiger partial charge >= 0.3 is 0 Å². The van der Waals surface area contributed by atoms with E-state index in [4.69, 9.17) is 14.2 Å². The van der Waals surface area contributed by atoms with Gasteiger partial charge in [0.05, 0.1) is 33.0 Å². The molecule has 80 valence electrons. The van der Waals surface area contributed by atoms with Crippen molar-refractivity contribution in [1.29, 1.82) is 0 Å². The minimum atomic E-state index is 0.462. The van der Waals surface area contributed by atoms with E-state index in [1.165, 1.54) is 6.26 Å². The lowest BCUT2D eigenvalue weighted by Gasteiger charge is -2.03. The summed E-state index contributed by atoms with van der Waals surface area (Å²) in [6, 6.07) is 1.77. The maximum Gasteiger partial charge on any atom is 0.124 e. The van der Waals surface area contributed by atoms with E-state index in [1.54, 1.807) is 13.2 Å². The van der Waals surface area contributed by atoms with Crippen LogP contribution >= 0.6 is 0 Å². The summed E-state index contributed by atoms with van der Waals surface area (Å²) >= 11 is 0. The first kappa shape index (κ1) is 11.2. The molecule has 0 aliphatic rings. The summed E-state index contributed by atoms with van der Waals surface area (Å²) in [5.74, 6) is 0. The molecule has 1 aromatic rings. The first-order chi connectivity index (χ1) is 6.93. The molecule has 5 heteroatoms. The molecule has 0 aliphatic carbocycles. The summed E-state index contributed by atoms with van der Waals surface area (Å²) < 4.78 is 19.9. The van der Waals surface area contributed by atoms with Gasteiger partial charge < -0.3 is 18.7 Å². The molecule has 0 N–H and O–H groups in total. The molecule has 1 rings (SSSR count). The first-order valence-electron chi connectivity index (χ1n) is 4.47. The van der Waals surface area contributed by atoms with E-state index in [1.807, 2.05) is 0 Å². The third-order valence-corrected chi connectivity index (χ3v) is 1.54. The van der Waals surface area contributed by atoms with Crippen molar-refractivity contribution >= 4 is 0 Å². The fourth-order valence-corrected chi connectivity index (χ4v) is 0.851. The van der Waals surface area contributed by atoms with Crippen molar-refractivity contribution in [3.63, 3.8) is 0 Å². The van der Waals surface area contributed by atoms with Gasteiger partial charge in [0.2, 0.25) is 0 Å². The molecule has 14 heavy (non-hydrogen) atoms. The number of nitrogens with zero attached hydrogens (tertiary/aromatic N) is 1. The second-order valence-electron chi connectivity index (χ2n) is 2.65. The second kappa shape index (κ2) is 7.49. The maximum atomic E-state index is 5.27. The quantitative estimate of drug-likeness (QED) is 0.584. The van der Waals surface area contributed by atoms with Gasteiger partial charge in [0, 0.05) is 13.2 Å². The average molecular weight is 201 g/mol. The van der Waals surface area contributed by atoms with E-state index < -0.39 is 0 Å². The maximum absolute atomic E-state index is 5.27. The second-order valence-corrected chi connectivity index (χ2v) is 2.65. The molecule has 1 aromatic heterocycles. The summed E-state index contributed by atoms with van der Waals surface area (Å²) in [5.41, 5.74) is 0.793. The number of ether oxygens (including phenoxy) is 3. The van der Waals surface area contributed by atoms with Crippen LogP contribution in [0.3, 0.4) is 0 Å². The van der Waals surface area contributed by atoms with Crippen LogP contribution in [0.5, 0.6) is 0 Å². The number of hydrogen-bond donors (Lipinski definition) is 0. The predicted octanol–water partition coefficient (Wildman–Crippen LogP) is 0.854. The molecular formula is C9H15NO4. The lowest BCUT2D eigenvalue weighted by atomic mass is 10.5. The van der Waals surface area contributed by atoms with Crippen molar-refractivity contribution in [3.8, 4) is 0 Å². The zero-order chi connectivity index (χ0) is 10.1. The molecule has 0 aliphatic heterocycles. The van der Waals surface area contributed by atoms with Crippen LogP contribution in [0.1, 0.15) is 5.69 Å². The van der Waals surface area contributed by atoms with Crippen molar-refractivity contribution in [2.75, 3.05) is 33.5 Å². The Balaban J connectivity index is 1.85. The highest BCUT2D eigenvalue weighted by Crippen LogP contribution is 1.96. The normalized spacial score (nSPS) is 10.6. The first-order valence-corrected chi connectivity index (χ1v) is 4.47. The van der Waals surface area contributed by atoms with Gasteiger partial charge in [0.15, 0.2) is 0 Å². The van der Waals surface area contributed by atoms with E-state index in [-0.39, 0.29) is 0 Å². The zero-order valence-corrected chi connectivity index (χ0v) is 8.27. The smallest absolute Gasteiger partial charge is 0.124 e. The summed E-state index contributed by atoms with van der Waals surface area (Å²) in [5, 5.41) is 3.70. The van der Waals surface area contributed by atoms with Gasteiger partial charge in [-0.25, -0.2) is 0 Å². The highest BCUT2D eigenvalue weighted by molar-refractivity contribution is 4.92. The Morgan fingerprint density at radius 3 is 2.71 bits per heavy atom. The summed E-state index contributed by atoms with van der Waals surface area (Å²) in [7, 11) is 1.64. The van der Waals surface area contributed by atoms with Crippen LogP contribution in [0.25, 0.3) is 0 Å². The van der Waals surface area contributed by atoms with Crippen molar-refractivity contribution in [3.05, 3.63) is 18.0 Å². The van der Waals surface area contributed by atoms with E-state index >= 15 is 0 Å².